The van der Waals surface area contributed by atoms with Gasteiger partial charge in [-0.15, -0.1) is 0 Å². The highest BCUT2D eigenvalue weighted by molar-refractivity contribution is 9.09. The summed E-state index contributed by atoms with van der Waals surface area (Å²) in [5.41, 5.74) is 3.45. The van der Waals surface area contributed by atoms with Gasteiger partial charge in [-0.3, -0.25) is 9.88 Å². The number of likely N-dealkylation sites (tertiary alicyclic amines) is 1. The zero-order chi connectivity index (χ0) is 13.8. The Labute approximate surface area is 124 Å². The second kappa shape index (κ2) is 6.71. The molecule has 2 rings (SSSR count). The summed E-state index contributed by atoms with van der Waals surface area (Å²) in [4.78, 5) is 7.10. The third-order valence-corrected chi connectivity index (χ3v) is 4.47. The molecule has 1 saturated heterocycles. The van der Waals surface area contributed by atoms with E-state index in [0.717, 1.165) is 34.8 Å². The molecule has 1 fully saturated rings. The van der Waals surface area contributed by atoms with Crippen molar-refractivity contribution in [3.05, 3.63) is 23.0 Å². The third kappa shape index (κ3) is 3.48. The molecule has 1 aliphatic heterocycles. The molecule has 1 aromatic rings. The summed E-state index contributed by atoms with van der Waals surface area (Å²) >= 11 is 3.54. The zero-order valence-corrected chi connectivity index (χ0v) is 13.7. The molecule has 1 aliphatic rings. The highest BCUT2D eigenvalue weighted by Crippen LogP contribution is 2.27. The molecule has 1 atom stereocenters. The maximum atomic E-state index is 5.48. The van der Waals surface area contributed by atoms with Gasteiger partial charge in [0.05, 0.1) is 12.8 Å². The number of aryl methyl sites for hydroxylation is 1. The van der Waals surface area contributed by atoms with Crippen molar-refractivity contribution < 1.29 is 4.74 Å². The lowest BCUT2D eigenvalue weighted by atomic mass is 10.1. The highest BCUT2D eigenvalue weighted by Gasteiger charge is 2.23. The first-order chi connectivity index (χ1) is 9.15. The Balaban J connectivity index is 2.04. The second-order valence-corrected chi connectivity index (χ2v) is 6.21. The van der Waals surface area contributed by atoms with Crippen molar-refractivity contribution in [3.8, 4) is 5.75 Å². The summed E-state index contributed by atoms with van der Waals surface area (Å²) in [6.07, 6.45) is 4.51. The fraction of sp³-hybridized carbons (Fsp3) is 0.667. The quantitative estimate of drug-likeness (QED) is 0.776. The van der Waals surface area contributed by atoms with Crippen molar-refractivity contribution >= 4 is 15.9 Å². The largest absolute Gasteiger partial charge is 0.496 e. The second-order valence-electron chi connectivity index (χ2n) is 5.41. The zero-order valence-electron chi connectivity index (χ0n) is 12.1. The molecule has 19 heavy (non-hydrogen) atoms. The lowest BCUT2D eigenvalue weighted by molar-refractivity contribution is 0.309. The molecule has 1 unspecified atom stereocenters. The van der Waals surface area contributed by atoms with E-state index >= 15 is 0 Å². The van der Waals surface area contributed by atoms with E-state index in [-0.39, 0.29) is 0 Å². The minimum absolute atomic E-state index is 0.840. The van der Waals surface area contributed by atoms with Crippen LogP contribution < -0.4 is 4.74 Å². The fourth-order valence-electron chi connectivity index (χ4n) is 2.89. The first-order valence-corrected chi connectivity index (χ1v) is 8.05. The summed E-state index contributed by atoms with van der Waals surface area (Å²) in [5, 5.41) is 1.11. The number of alkyl halides is 1. The van der Waals surface area contributed by atoms with Crippen LogP contribution in [0.4, 0.5) is 0 Å². The Morgan fingerprint density at radius 2 is 2.26 bits per heavy atom. The summed E-state index contributed by atoms with van der Waals surface area (Å²) in [7, 11) is 1.74. The van der Waals surface area contributed by atoms with Gasteiger partial charge in [0.2, 0.25) is 0 Å². The Morgan fingerprint density at radius 1 is 1.47 bits per heavy atom. The van der Waals surface area contributed by atoms with Gasteiger partial charge >= 0.3 is 0 Å². The highest BCUT2D eigenvalue weighted by atomic mass is 79.9. The van der Waals surface area contributed by atoms with Gasteiger partial charge in [-0.2, -0.15) is 0 Å². The normalized spacial score (nSPS) is 19.9. The number of hydrogen-bond donors (Lipinski definition) is 0. The van der Waals surface area contributed by atoms with Gasteiger partial charge in [0.15, 0.2) is 0 Å². The van der Waals surface area contributed by atoms with Crippen molar-refractivity contribution in [3.63, 3.8) is 0 Å². The smallest absolute Gasteiger partial charge is 0.128 e. The van der Waals surface area contributed by atoms with Crippen LogP contribution in [0.1, 0.15) is 29.7 Å². The molecule has 0 saturated carbocycles. The van der Waals surface area contributed by atoms with Crippen molar-refractivity contribution in [2.24, 2.45) is 5.92 Å². The molecule has 106 valence electrons. The average molecular weight is 327 g/mol. The van der Waals surface area contributed by atoms with Crippen LogP contribution in [0, 0.1) is 19.8 Å². The Bertz CT molecular complexity index is 436. The molecule has 2 heterocycles. The molecular weight excluding hydrogens is 304 g/mol. The number of rotatable bonds is 5. The summed E-state index contributed by atoms with van der Waals surface area (Å²) in [6.45, 7) is 7.49. The standard InChI is InChI=1S/C15H23BrN2O/c1-11-8-17-14(12(2)15(11)19-3)10-18-7-5-13(9-18)4-6-16/h8,13H,4-7,9-10H2,1-3H3. The molecule has 0 N–H and O–H groups in total. The van der Waals surface area contributed by atoms with Crippen molar-refractivity contribution in [2.75, 3.05) is 25.5 Å². The van der Waals surface area contributed by atoms with Crippen molar-refractivity contribution in [1.29, 1.82) is 0 Å². The van der Waals surface area contributed by atoms with Crippen LogP contribution in [0.25, 0.3) is 0 Å². The van der Waals surface area contributed by atoms with Crippen molar-refractivity contribution in [2.45, 2.75) is 33.2 Å². The lowest BCUT2D eigenvalue weighted by Crippen LogP contribution is -2.21. The van der Waals surface area contributed by atoms with Crippen LogP contribution in [0.3, 0.4) is 0 Å². The van der Waals surface area contributed by atoms with E-state index in [9.17, 15) is 0 Å². The van der Waals surface area contributed by atoms with E-state index in [1.54, 1.807) is 7.11 Å². The number of ether oxygens (including phenoxy) is 1. The molecule has 0 radical (unpaired) electrons. The van der Waals surface area contributed by atoms with Gasteiger partial charge in [-0.25, -0.2) is 0 Å². The number of aromatic nitrogens is 1. The maximum Gasteiger partial charge on any atom is 0.128 e. The number of methoxy groups -OCH3 is 1. The predicted octanol–water partition coefficient (Wildman–Crippen LogP) is 3.31. The first kappa shape index (κ1) is 14.8. The minimum Gasteiger partial charge on any atom is -0.496 e. The summed E-state index contributed by atoms with van der Waals surface area (Å²) in [5.74, 6) is 1.83. The number of pyridine rings is 1. The number of nitrogens with zero attached hydrogens (tertiary/aromatic N) is 2. The molecule has 0 bridgehead atoms. The Hall–Kier alpha value is -0.610. The SMILES string of the molecule is COc1c(C)cnc(CN2CCC(CCBr)C2)c1C. The molecule has 1 aromatic heterocycles. The monoisotopic (exact) mass is 326 g/mol. The van der Waals surface area contributed by atoms with Crippen LogP contribution >= 0.6 is 15.9 Å². The van der Waals surface area contributed by atoms with E-state index in [1.165, 1.54) is 31.5 Å². The van der Waals surface area contributed by atoms with E-state index in [0.29, 0.717) is 0 Å². The molecule has 0 spiro atoms. The van der Waals surface area contributed by atoms with Gasteiger partial charge in [0.1, 0.15) is 5.75 Å². The molecule has 0 aliphatic carbocycles. The van der Waals surface area contributed by atoms with E-state index in [4.69, 9.17) is 4.74 Å². The Morgan fingerprint density at radius 3 is 2.95 bits per heavy atom. The molecule has 3 nitrogen and oxygen atoms in total. The summed E-state index contributed by atoms with van der Waals surface area (Å²) in [6, 6.07) is 0. The third-order valence-electron chi connectivity index (χ3n) is 4.01. The van der Waals surface area contributed by atoms with Gasteiger partial charge < -0.3 is 4.74 Å². The van der Waals surface area contributed by atoms with E-state index < -0.39 is 0 Å². The predicted molar refractivity (Wildman–Crippen MR) is 82.1 cm³/mol. The number of halogens is 1. The Kier molecular flexibility index (Phi) is 5.22. The van der Waals surface area contributed by atoms with Crippen LogP contribution in [-0.2, 0) is 6.54 Å². The van der Waals surface area contributed by atoms with Gasteiger partial charge in [-0.1, -0.05) is 15.9 Å². The molecular formula is C15H23BrN2O. The summed E-state index contributed by atoms with van der Waals surface area (Å²) < 4.78 is 5.48. The minimum atomic E-state index is 0.840. The van der Waals surface area contributed by atoms with Crippen LogP contribution in [-0.4, -0.2) is 35.4 Å². The number of hydrogen-bond acceptors (Lipinski definition) is 3. The first-order valence-electron chi connectivity index (χ1n) is 6.93. The van der Waals surface area contributed by atoms with E-state index in [2.05, 4.69) is 32.7 Å². The average Bonchev–Trinajstić information content (AvgIpc) is 2.82. The van der Waals surface area contributed by atoms with Gasteiger partial charge in [0, 0.05) is 35.7 Å². The maximum absolute atomic E-state index is 5.48. The lowest BCUT2D eigenvalue weighted by Gasteiger charge is -2.18. The molecule has 0 aromatic carbocycles. The topological polar surface area (TPSA) is 25.4 Å². The van der Waals surface area contributed by atoms with Crippen LogP contribution in [0.5, 0.6) is 5.75 Å². The van der Waals surface area contributed by atoms with Gasteiger partial charge in [-0.05, 0) is 39.2 Å². The van der Waals surface area contributed by atoms with Crippen molar-refractivity contribution in [1.82, 2.24) is 9.88 Å². The van der Waals surface area contributed by atoms with Gasteiger partial charge in [0.25, 0.3) is 0 Å². The van der Waals surface area contributed by atoms with Crippen LogP contribution in [0.15, 0.2) is 6.20 Å². The van der Waals surface area contributed by atoms with E-state index in [1.807, 2.05) is 13.1 Å². The molecule has 4 heteroatoms. The molecule has 0 amide bonds. The fourth-order valence-corrected chi connectivity index (χ4v) is 3.54. The van der Waals surface area contributed by atoms with Crippen LogP contribution in [0.2, 0.25) is 0 Å².